The fraction of sp³-hybridized carbons (Fsp3) is 0.200. The van der Waals surface area contributed by atoms with Gasteiger partial charge in [-0.25, -0.2) is 0 Å². The number of carbonyl (C=O) groups is 2. The van der Waals surface area contributed by atoms with Gasteiger partial charge in [0, 0.05) is 5.56 Å². The zero-order valence-corrected chi connectivity index (χ0v) is 10.0. The molecular formula is C10H10BrNO4. The first-order chi connectivity index (χ1) is 7.47. The minimum Gasteiger partial charge on any atom is -0.496 e. The van der Waals surface area contributed by atoms with Crippen molar-refractivity contribution in [1.29, 1.82) is 0 Å². The predicted octanol–water partition coefficient (Wildman–Crippen LogP) is 1.05. The Morgan fingerprint density at radius 1 is 1.50 bits per heavy atom. The van der Waals surface area contributed by atoms with E-state index in [-0.39, 0.29) is 5.56 Å². The van der Waals surface area contributed by atoms with E-state index in [1.54, 1.807) is 6.07 Å². The number of ketones is 1. The highest BCUT2D eigenvalue weighted by molar-refractivity contribution is 9.10. The van der Waals surface area contributed by atoms with Crippen molar-refractivity contribution in [3.8, 4) is 5.75 Å². The van der Waals surface area contributed by atoms with Crippen LogP contribution in [0, 0.1) is 0 Å². The van der Waals surface area contributed by atoms with Crippen molar-refractivity contribution in [2.45, 2.75) is 6.04 Å². The number of carboxylic acids is 1. The Balaban J connectivity index is 3.02. The molecule has 0 saturated carbocycles. The molecule has 0 fully saturated rings. The molecule has 1 aromatic carbocycles. The summed E-state index contributed by atoms with van der Waals surface area (Å²) in [4.78, 5) is 22.1. The maximum absolute atomic E-state index is 11.6. The number of methoxy groups -OCH3 is 1. The minimum atomic E-state index is -1.54. The van der Waals surface area contributed by atoms with Crippen LogP contribution in [0.3, 0.4) is 0 Å². The number of Topliss-reactive ketones (excluding diaryl/α,β-unsaturated/α-hetero) is 1. The van der Waals surface area contributed by atoms with Crippen LogP contribution in [-0.2, 0) is 4.79 Å². The zero-order chi connectivity index (χ0) is 12.3. The number of carbonyl (C=O) groups excluding carboxylic acids is 1. The molecule has 16 heavy (non-hydrogen) atoms. The van der Waals surface area contributed by atoms with E-state index in [0.29, 0.717) is 10.2 Å². The van der Waals surface area contributed by atoms with Gasteiger partial charge in [-0.3, -0.25) is 9.59 Å². The lowest BCUT2D eigenvalue weighted by molar-refractivity contribution is -0.137. The van der Waals surface area contributed by atoms with Gasteiger partial charge >= 0.3 is 5.97 Å². The third-order valence-corrected chi connectivity index (χ3v) is 2.60. The Hall–Kier alpha value is -1.40. The second-order valence-electron chi connectivity index (χ2n) is 3.03. The molecule has 0 amide bonds. The first kappa shape index (κ1) is 12.7. The highest BCUT2D eigenvalue weighted by atomic mass is 79.9. The Bertz CT molecular complexity index is 433. The van der Waals surface area contributed by atoms with Gasteiger partial charge in [-0.1, -0.05) is 0 Å². The van der Waals surface area contributed by atoms with Crippen molar-refractivity contribution >= 4 is 27.7 Å². The molecule has 0 spiro atoms. The fourth-order valence-electron chi connectivity index (χ4n) is 1.11. The lowest BCUT2D eigenvalue weighted by Gasteiger charge is -2.08. The molecule has 1 unspecified atom stereocenters. The second kappa shape index (κ2) is 5.09. The van der Waals surface area contributed by atoms with Crippen LogP contribution >= 0.6 is 15.9 Å². The van der Waals surface area contributed by atoms with Crippen molar-refractivity contribution in [3.05, 3.63) is 28.2 Å². The van der Waals surface area contributed by atoms with Gasteiger partial charge in [-0.15, -0.1) is 0 Å². The van der Waals surface area contributed by atoms with Gasteiger partial charge in [0.05, 0.1) is 11.6 Å². The van der Waals surface area contributed by atoms with Crippen LogP contribution in [0.15, 0.2) is 22.7 Å². The molecule has 0 heterocycles. The number of hydrogen-bond acceptors (Lipinski definition) is 4. The number of carboxylic acid groups (broad SMARTS) is 1. The molecule has 0 aliphatic rings. The lowest BCUT2D eigenvalue weighted by Crippen LogP contribution is -2.38. The average molecular weight is 288 g/mol. The van der Waals surface area contributed by atoms with Gasteiger partial charge in [0.15, 0.2) is 11.8 Å². The summed E-state index contributed by atoms with van der Waals surface area (Å²) in [7, 11) is 1.49. The molecule has 0 aliphatic carbocycles. The van der Waals surface area contributed by atoms with Crippen molar-refractivity contribution in [2.75, 3.05) is 7.11 Å². The smallest absolute Gasteiger partial charge is 0.328 e. The number of ether oxygens (including phenoxy) is 1. The summed E-state index contributed by atoms with van der Waals surface area (Å²) in [5.41, 5.74) is 5.44. The number of aliphatic carboxylic acids is 1. The quantitative estimate of drug-likeness (QED) is 0.638. The van der Waals surface area contributed by atoms with E-state index in [1.807, 2.05) is 0 Å². The molecule has 5 nitrogen and oxygen atoms in total. The molecule has 0 saturated heterocycles. The molecule has 86 valence electrons. The molecule has 1 rings (SSSR count). The summed E-state index contributed by atoms with van der Waals surface area (Å²) in [5, 5.41) is 8.60. The third kappa shape index (κ3) is 2.59. The summed E-state index contributed by atoms with van der Waals surface area (Å²) in [5.74, 6) is -1.44. The van der Waals surface area contributed by atoms with Gasteiger partial charge in [0.25, 0.3) is 0 Å². The summed E-state index contributed by atoms with van der Waals surface area (Å²) in [6.45, 7) is 0. The second-order valence-corrected chi connectivity index (χ2v) is 3.88. The molecule has 1 aromatic rings. The summed E-state index contributed by atoms with van der Waals surface area (Å²) < 4.78 is 5.55. The Morgan fingerprint density at radius 3 is 2.56 bits per heavy atom. The zero-order valence-electron chi connectivity index (χ0n) is 8.44. The van der Waals surface area contributed by atoms with E-state index in [1.165, 1.54) is 19.2 Å². The van der Waals surface area contributed by atoms with Gasteiger partial charge in [0.1, 0.15) is 5.75 Å². The molecule has 3 N–H and O–H groups in total. The molecule has 0 radical (unpaired) electrons. The first-order valence-corrected chi connectivity index (χ1v) is 5.12. The van der Waals surface area contributed by atoms with Crippen LogP contribution in [-0.4, -0.2) is 30.0 Å². The van der Waals surface area contributed by atoms with Gasteiger partial charge < -0.3 is 15.6 Å². The highest BCUT2D eigenvalue weighted by Gasteiger charge is 2.23. The average Bonchev–Trinajstić information content (AvgIpc) is 2.26. The van der Waals surface area contributed by atoms with Gasteiger partial charge in [-0.05, 0) is 34.1 Å². The summed E-state index contributed by atoms with van der Waals surface area (Å²) in [6, 6.07) is 2.96. The van der Waals surface area contributed by atoms with E-state index < -0.39 is 17.8 Å². The number of rotatable bonds is 4. The number of halogens is 1. The summed E-state index contributed by atoms with van der Waals surface area (Å²) >= 11 is 3.20. The largest absolute Gasteiger partial charge is 0.496 e. The van der Waals surface area contributed by atoms with Crippen LogP contribution in [0.1, 0.15) is 10.4 Å². The van der Waals surface area contributed by atoms with Gasteiger partial charge in [0.2, 0.25) is 0 Å². The van der Waals surface area contributed by atoms with Crippen LogP contribution in [0.25, 0.3) is 0 Å². The minimum absolute atomic E-state index is 0.225. The molecule has 0 aliphatic heterocycles. The van der Waals surface area contributed by atoms with E-state index in [0.717, 1.165) is 0 Å². The standard InChI is InChI=1S/C10H10BrNO4/c1-16-7-3-2-5(4-6(7)11)9(13)8(12)10(14)15/h2-4,8H,12H2,1H3,(H,14,15). The van der Waals surface area contributed by atoms with Crippen LogP contribution in [0.5, 0.6) is 5.75 Å². The van der Waals surface area contributed by atoms with E-state index in [9.17, 15) is 9.59 Å². The molecule has 6 heteroatoms. The van der Waals surface area contributed by atoms with Crippen LogP contribution in [0.4, 0.5) is 0 Å². The van der Waals surface area contributed by atoms with Crippen LogP contribution < -0.4 is 10.5 Å². The van der Waals surface area contributed by atoms with Crippen LogP contribution in [0.2, 0.25) is 0 Å². The Morgan fingerprint density at radius 2 is 2.12 bits per heavy atom. The van der Waals surface area contributed by atoms with E-state index in [4.69, 9.17) is 15.6 Å². The molecule has 0 bridgehead atoms. The molecule has 0 aromatic heterocycles. The number of nitrogens with two attached hydrogens (primary N) is 1. The third-order valence-electron chi connectivity index (χ3n) is 1.98. The van der Waals surface area contributed by atoms with Crippen molar-refractivity contribution in [1.82, 2.24) is 0 Å². The van der Waals surface area contributed by atoms with Crippen molar-refractivity contribution < 1.29 is 19.4 Å². The van der Waals surface area contributed by atoms with Crippen molar-refractivity contribution in [3.63, 3.8) is 0 Å². The van der Waals surface area contributed by atoms with E-state index >= 15 is 0 Å². The van der Waals surface area contributed by atoms with Gasteiger partial charge in [-0.2, -0.15) is 0 Å². The molecular weight excluding hydrogens is 278 g/mol. The number of benzene rings is 1. The highest BCUT2D eigenvalue weighted by Crippen LogP contribution is 2.25. The van der Waals surface area contributed by atoms with Crippen molar-refractivity contribution in [2.24, 2.45) is 5.73 Å². The lowest BCUT2D eigenvalue weighted by atomic mass is 10.1. The predicted molar refractivity (Wildman–Crippen MR) is 60.6 cm³/mol. The Labute approximate surface area is 100 Å². The van der Waals surface area contributed by atoms with E-state index in [2.05, 4.69) is 15.9 Å². The SMILES string of the molecule is COc1ccc(C(=O)C(N)C(=O)O)cc1Br. The fourth-order valence-corrected chi connectivity index (χ4v) is 1.65. The first-order valence-electron chi connectivity index (χ1n) is 4.33. The maximum atomic E-state index is 11.6. The summed E-state index contributed by atoms with van der Waals surface area (Å²) in [6.07, 6.45) is 0. The monoisotopic (exact) mass is 287 g/mol. The maximum Gasteiger partial charge on any atom is 0.328 e. The topological polar surface area (TPSA) is 89.6 Å². The molecule has 1 atom stereocenters. The normalized spacial score (nSPS) is 11.9. The Kier molecular flexibility index (Phi) is 4.03. The number of hydrogen-bond donors (Lipinski definition) is 2.